The molecule has 100 valence electrons. The lowest BCUT2D eigenvalue weighted by Crippen LogP contribution is -1.98. The second-order valence-electron chi connectivity index (χ2n) is 3.95. The predicted molar refractivity (Wildman–Crippen MR) is 75.8 cm³/mol. The van der Waals surface area contributed by atoms with E-state index in [1.807, 2.05) is 18.2 Å². The van der Waals surface area contributed by atoms with Crippen LogP contribution in [0.2, 0.25) is 0 Å². The van der Waals surface area contributed by atoms with Gasteiger partial charge >= 0.3 is 0 Å². The van der Waals surface area contributed by atoms with E-state index in [9.17, 15) is 4.39 Å². The third kappa shape index (κ3) is 3.38. The maximum absolute atomic E-state index is 13.5. The molecule has 5 heteroatoms. The third-order valence-corrected chi connectivity index (χ3v) is 3.19. The van der Waals surface area contributed by atoms with Gasteiger partial charge in [0, 0.05) is 11.8 Å². The number of nitrogens with two attached hydrogens (primary N) is 1. The van der Waals surface area contributed by atoms with Crippen LogP contribution in [0, 0.1) is 5.82 Å². The van der Waals surface area contributed by atoms with Crippen LogP contribution in [0.1, 0.15) is 5.56 Å². The van der Waals surface area contributed by atoms with E-state index in [-0.39, 0.29) is 12.4 Å². The first kappa shape index (κ1) is 13.7. The first-order valence-corrected chi connectivity index (χ1v) is 6.39. The minimum atomic E-state index is -0.465. The SMILES string of the molecule is COc1ccc(COc2ccc(N)cc2F)cc1Br. The average Bonchev–Trinajstić information content (AvgIpc) is 2.38. The van der Waals surface area contributed by atoms with E-state index in [4.69, 9.17) is 15.2 Å². The summed E-state index contributed by atoms with van der Waals surface area (Å²) in [7, 11) is 1.60. The Morgan fingerprint density at radius 2 is 1.89 bits per heavy atom. The van der Waals surface area contributed by atoms with Crippen molar-refractivity contribution >= 4 is 21.6 Å². The summed E-state index contributed by atoms with van der Waals surface area (Å²) in [6.45, 7) is 0.267. The lowest BCUT2D eigenvalue weighted by atomic mass is 10.2. The number of benzene rings is 2. The average molecular weight is 326 g/mol. The Labute approximate surface area is 119 Å². The Morgan fingerprint density at radius 3 is 2.53 bits per heavy atom. The van der Waals surface area contributed by atoms with Crippen LogP contribution in [0.5, 0.6) is 11.5 Å². The number of rotatable bonds is 4. The highest BCUT2D eigenvalue weighted by molar-refractivity contribution is 9.10. The van der Waals surface area contributed by atoms with Crippen molar-refractivity contribution in [1.82, 2.24) is 0 Å². The molecule has 0 saturated carbocycles. The second kappa shape index (κ2) is 5.93. The second-order valence-corrected chi connectivity index (χ2v) is 4.80. The zero-order valence-corrected chi connectivity index (χ0v) is 11.9. The van der Waals surface area contributed by atoms with E-state index in [0.717, 1.165) is 15.8 Å². The zero-order valence-electron chi connectivity index (χ0n) is 10.3. The molecule has 0 atom stereocenters. The summed E-state index contributed by atoms with van der Waals surface area (Å²) in [6.07, 6.45) is 0. The van der Waals surface area contributed by atoms with Gasteiger partial charge in [0.1, 0.15) is 12.4 Å². The number of methoxy groups -OCH3 is 1. The predicted octanol–water partition coefficient (Wildman–Crippen LogP) is 3.76. The van der Waals surface area contributed by atoms with Gasteiger partial charge in [0.25, 0.3) is 0 Å². The molecule has 0 aromatic heterocycles. The van der Waals surface area contributed by atoms with Crippen LogP contribution in [0.4, 0.5) is 10.1 Å². The van der Waals surface area contributed by atoms with Gasteiger partial charge in [-0.1, -0.05) is 6.07 Å². The van der Waals surface area contributed by atoms with Gasteiger partial charge in [0.15, 0.2) is 11.6 Å². The fourth-order valence-electron chi connectivity index (χ4n) is 1.59. The summed E-state index contributed by atoms with van der Waals surface area (Å²) in [4.78, 5) is 0. The van der Waals surface area contributed by atoms with Crippen LogP contribution in [-0.4, -0.2) is 7.11 Å². The molecule has 0 unspecified atom stereocenters. The number of ether oxygens (including phenoxy) is 2. The minimum Gasteiger partial charge on any atom is -0.496 e. The molecule has 0 aliphatic heterocycles. The molecule has 2 rings (SSSR count). The monoisotopic (exact) mass is 325 g/mol. The quantitative estimate of drug-likeness (QED) is 0.870. The van der Waals surface area contributed by atoms with Gasteiger partial charge in [0.05, 0.1) is 11.6 Å². The molecular weight excluding hydrogens is 313 g/mol. The minimum absolute atomic E-state index is 0.182. The molecule has 0 bridgehead atoms. The lowest BCUT2D eigenvalue weighted by molar-refractivity contribution is 0.290. The van der Waals surface area contributed by atoms with Crippen LogP contribution in [-0.2, 0) is 6.61 Å². The Bertz CT molecular complexity index is 590. The van der Waals surface area contributed by atoms with E-state index >= 15 is 0 Å². The van der Waals surface area contributed by atoms with Crippen molar-refractivity contribution in [2.24, 2.45) is 0 Å². The highest BCUT2D eigenvalue weighted by Gasteiger charge is 2.06. The number of hydrogen-bond donors (Lipinski definition) is 1. The molecule has 0 amide bonds. The summed E-state index contributed by atoms with van der Waals surface area (Å²) >= 11 is 3.39. The molecule has 19 heavy (non-hydrogen) atoms. The number of halogens is 2. The van der Waals surface area contributed by atoms with Crippen LogP contribution >= 0.6 is 15.9 Å². The van der Waals surface area contributed by atoms with Crippen molar-refractivity contribution in [3.05, 3.63) is 52.3 Å². The number of anilines is 1. The van der Waals surface area contributed by atoms with Gasteiger partial charge in [-0.05, 0) is 45.8 Å². The van der Waals surface area contributed by atoms with E-state index in [1.165, 1.54) is 12.1 Å². The first-order valence-electron chi connectivity index (χ1n) is 5.60. The van der Waals surface area contributed by atoms with Crippen molar-refractivity contribution in [3.63, 3.8) is 0 Å². The van der Waals surface area contributed by atoms with Gasteiger partial charge in [-0.3, -0.25) is 0 Å². The first-order chi connectivity index (χ1) is 9.10. The Balaban J connectivity index is 2.08. The number of hydrogen-bond acceptors (Lipinski definition) is 3. The van der Waals surface area contributed by atoms with Gasteiger partial charge in [-0.2, -0.15) is 0 Å². The highest BCUT2D eigenvalue weighted by atomic mass is 79.9. The summed E-state index contributed by atoms with van der Waals surface area (Å²) in [5.41, 5.74) is 6.75. The van der Waals surface area contributed by atoms with E-state index < -0.39 is 5.82 Å². The van der Waals surface area contributed by atoms with Crippen molar-refractivity contribution in [3.8, 4) is 11.5 Å². The highest BCUT2D eigenvalue weighted by Crippen LogP contribution is 2.26. The normalized spacial score (nSPS) is 10.3. The molecule has 0 fully saturated rings. The third-order valence-electron chi connectivity index (χ3n) is 2.57. The van der Waals surface area contributed by atoms with Crippen molar-refractivity contribution in [2.75, 3.05) is 12.8 Å². The van der Waals surface area contributed by atoms with Crippen LogP contribution in [0.3, 0.4) is 0 Å². The molecule has 3 nitrogen and oxygen atoms in total. The van der Waals surface area contributed by atoms with Gasteiger partial charge in [0.2, 0.25) is 0 Å². The molecule has 0 aliphatic rings. The van der Waals surface area contributed by atoms with Gasteiger partial charge in [-0.15, -0.1) is 0 Å². The summed E-state index contributed by atoms with van der Waals surface area (Å²) < 4.78 is 24.9. The molecular formula is C14H13BrFNO2. The largest absolute Gasteiger partial charge is 0.496 e. The topological polar surface area (TPSA) is 44.5 Å². The molecule has 0 heterocycles. The lowest BCUT2D eigenvalue weighted by Gasteiger charge is -2.09. The van der Waals surface area contributed by atoms with Crippen molar-refractivity contribution in [2.45, 2.75) is 6.61 Å². The fourth-order valence-corrected chi connectivity index (χ4v) is 2.18. The van der Waals surface area contributed by atoms with Crippen LogP contribution in [0.15, 0.2) is 40.9 Å². The maximum Gasteiger partial charge on any atom is 0.167 e. The van der Waals surface area contributed by atoms with Crippen molar-refractivity contribution < 1.29 is 13.9 Å². The molecule has 2 aromatic carbocycles. The summed E-state index contributed by atoms with van der Waals surface area (Å²) in [5, 5.41) is 0. The molecule has 2 N–H and O–H groups in total. The smallest absolute Gasteiger partial charge is 0.167 e. The fraction of sp³-hybridized carbons (Fsp3) is 0.143. The maximum atomic E-state index is 13.5. The summed E-state index contributed by atoms with van der Waals surface area (Å²) in [6, 6.07) is 9.90. The molecule has 0 spiro atoms. The molecule has 0 radical (unpaired) electrons. The molecule has 0 aliphatic carbocycles. The molecule has 0 saturated heterocycles. The van der Waals surface area contributed by atoms with E-state index in [0.29, 0.717) is 5.69 Å². The Kier molecular flexibility index (Phi) is 4.27. The van der Waals surface area contributed by atoms with Gasteiger partial charge < -0.3 is 15.2 Å². The Morgan fingerprint density at radius 1 is 1.16 bits per heavy atom. The molecule has 2 aromatic rings. The summed E-state index contributed by atoms with van der Waals surface area (Å²) in [5.74, 6) is 0.455. The number of nitrogen functional groups attached to an aromatic ring is 1. The zero-order chi connectivity index (χ0) is 13.8. The standard InChI is InChI=1S/C14H13BrFNO2/c1-18-13-4-2-9(6-11(13)15)8-19-14-5-3-10(17)7-12(14)16/h2-7H,8,17H2,1H3. The van der Waals surface area contributed by atoms with Crippen LogP contribution < -0.4 is 15.2 Å². The van der Waals surface area contributed by atoms with E-state index in [2.05, 4.69) is 15.9 Å². The van der Waals surface area contributed by atoms with E-state index in [1.54, 1.807) is 13.2 Å². The van der Waals surface area contributed by atoms with Gasteiger partial charge in [-0.25, -0.2) is 4.39 Å². The van der Waals surface area contributed by atoms with Crippen LogP contribution in [0.25, 0.3) is 0 Å². The van der Waals surface area contributed by atoms with Crippen molar-refractivity contribution in [1.29, 1.82) is 0 Å². The Hall–Kier alpha value is -1.75.